The van der Waals surface area contributed by atoms with E-state index < -0.39 is 0 Å². The fourth-order valence-electron chi connectivity index (χ4n) is 0.739. The summed E-state index contributed by atoms with van der Waals surface area (Å²) in [5, 5.41) is 7.66. The van der Waals surface area contributed by atoms with Crippen molar-refractivity contribution >= 4 is 6.20 Å². The van der Waals surface area contributed by atoms with Crippen molar-refractivity contribution in [3.63, 3.8) is 0 Å². The maximum atomic E-state index is 3.83. The molecule has 3 nitrogen and oxygen atoms in total. The first kappa shape index (κ1) is 6.01. The lowest BCUT2D eigenvalue weighted by Crippen LogP contribution is -1.90. The van der Waals surface area contributed by atoms with E-state index in [1.54, 1.807) is 6.20 Å². The average molecular weight is 123 g/mol. The van der Waals surface area contributed by atoms with Gasteiger partial charge in [0.25, 0.3) is 0 Å². The van der Waals surface area contributed by atoms with Gasteiger partial charge in [-0.3, -0.25) is 4.57 Å². The first-order valence-corrected chi connectivity index (χ1v) is 2.76. The van der Waals surface area contributed by atoms with E-state index in [2.05, 4.69) is 16.8 Å². The summed E-state index contributed by atoms with van der Waals surface area (Å²) in [6.07, 6.45) is 1.70. The molecule has 1 aromatic rings. The lowest BCUT2D eigenvalue weighted by atomic mass is 10.6. The normalized spacial score (nSPS) is 9.56. The summed E-state index contributed by atoms with van der Waals surface area (Å²) in [6, 6.07) is 0. The second-order valence-electron chi connectivity index (χ2n) is 1.85. The Morgan fingerprint density at radius 2 is 1.78 bits per heavy atom. The van der Waals surface area contributed by atoms with Crippen molar-refractivity contribution in [3.8, 4) is 0 Å². The Morgan fingerprint density at radius 3 is 2.00 bits per heavy atom. The zero-order valence-electron chi connectivity index (χ0n) is 5.63. The minimum absolute atomic E-state index is 0.877. The highest BCUT2D eigenvalue weighted by atomic mass is 15.3. The van der Waals surface area contributed by atoms with Gasteiger partial charge < -0.3 is 0 Å². The summed E-state index contributed by atoms with van der Waals surface area (Å²) in [4.78, 5) is 0. The van der Waals surface area contributed by atoms with Gasteiger partial charge in [-0.1, -0.05) is 6.58 Å². The van der Waals surface area contributed by atoms with Crippen molar-refractivity contribution in [1.82, 2.24) is 14.8 Å². The van der Waals surface area contributed by atoms with Gasteiger partial charge in [-0.15, -0.1) is 10.2 Å². The van der Waals surface area contributed by atoms with Gasteiger partial charge >= 0.3 is 0 Å². The largest absolute Gasteiger partial charge is 0.291 e. The van der Waals surface area contributed by atoms with Crippen LogP contribution < -0.4 is 0 Å². The lowest BCUT2D eigenvalue weighted by molar-refractivity contribution is 0.996. The summed E-state index contributed by atoms with van der Waals surface area (Å²) >= 11 is 0. The van der Waals surface area contributed by atoms with E-state index in [-0.39, 0.29) is 0 Å². The number of rotatable bonds is 1. The standard InChI is InChI=1S/C6H9N3/c1-4-9-5(2)7-8-6(9)3/h4H,1H2,2-3H3. The van der Waals surface area contributed by atoms with Crippen LogP contribution in [-0.2, 0) is 0 Å². The predicted octanol–water partition coefficient (Wildman–Crippen LogP) is 0.995. The molecular formula is C6H9N3. The highest BCUT2D eigenvalue weighted by Crippen LogP contribution is 1.97. The van der Waals surface area contributed by atoms with Crippen molar-refractivity contribution in [2.45, 2.75) is 13.8 Å². The molecule has 1 rings (SSSR count). The summed E-state index contributed by atoms with van der Waals surface area (Å²) in [7, 11) is 0. The topological polar surface area (TPSA) is 30.7 Å². The Bertz CT molecular complexity index is 205. The SMILES string of the molecule is C=Cn1c(C)nnc1C. The van der Waals surface area contributed by atoms with Crippen molar-refractivity contribution in [1.29, 1.82) is 0 Å². The van der Waals surface area contributed by atoms with Crippen molar-refractivity contribution in [3.05, 3.63) is 18.2 Å². The van der Waals surface area contributed by atoms with Gasteiger partial charge in [0.2, 0.25) is 0 Å². The van der Waals surface area contributed by atoms with Crippen molar-refractivity contribution < 1.29 is 0 Å². The molecule has 0 saturated heterocycles. The van der Waals surface area contributed by atoms with Gasteiger partial charge in [-0.25, -0.2) is 0 Å². The molecule has 0 aliphatic rings. The van der Waals surface area contributed by atoms with Crippen LogP contribution >= 0.6 is 0 Å². The third-order valence-electron chi connectivity index (χ3n) is 1.22. The molecule has 0 N–H and O–H groups in total. The summed E-state index contributed by atoms with van der Waals surface area (Å²) in [5.41, 5.74) is 0. The third-order valence-corrected chi connectivity index (χ3v) is 1.22. The zero-order chi connectivity index (χ0) is 6.85. The van der Waals surface area contributed by atoms with Gasteiger partial charge in [-0.05, 0) is 13.8 Å². The molecule has 48 valence electrons. The summed E-state index contributed by atoms with van der Waals surface area (Å²) in [6.45, 7) is 7.39. The number of aryl methyl sites for hydroxylation is 2. The van der Waals surface area contributed by atoms with E-state index in [0.29, 0.717) is 0 Å². The number of aromatic nitrogens is 3. The second-order valence-corrected chi connectivity index (χ2v) is 1.85. The Balaban J connectivity index is 3.22. The summed E-state index contributed by atoms with van der Waals surface area (Å²) in [5.74, 6) is 1.75. The van der Waals surface area contributed by atoms with Crippen molar-refractivity contribution in [2.75, 3.05) is 0 Å². The molecule has 0 aliphatic heterocycles. The van der Waals surface area contributed by atoms with E-state index in [9.17, 15) is 0 Å². The van der Waals surface area contributed by atoms with Gasteiger partial charge in [0, 0.05) is 6.20 Å². The van der Waals surface area contributed by atoms with E-state index in [1.807, 2.05) is 18.4 Å². The smallest absolute Gasteiger partial charge is 0.133 e. The van der Waals surface area contributed by atoms with E-state index >= 15 is 0 Å². The highest BCUT2D eigenvalue weighted by molar-refractivity contribution is 5.20. The van der Waals surface area contributed by atoms with Crippen LogP contribution in [0.4, 0.5) is 0 Å². The Morgan fingerprint density at radius 1 is 1.33 bits per heavy atom. The molecule has 0 unspecified atom stereocenters. The fraction of sp³-hybridized carbons (Fsp3) is 0.333. The van der Waals surface area contributed by atoms with E-state index in [1.165, 1.54) is 0 Å². The quantitative estimate of drug-likeness (QED) is 0.557. The first-order chi connectivity index (χ1) is 4.25. The molecule has 0 amide bonds. The summed E-state index contributed by atoms with van der Waals surface area (Å²) < 4.78 is 1.83. The van der Waals surface area contributed by atoms with Crippen LogP contribution in [0.3, 0.4) is 0 Å². The molecule has 3 heteroatoms. The molecular weight excluding hydrogens is 114 g/mol. The van der Waals surface area contributed by atoms with Crippen LogP contribution in [0.2, 0.25) is 0 Å². The molecule has 0 aromatic carbocycles. The van der Waals surface area contributed by atoms with Gasteiger partial charge in [0.15, 0.2) is 0 Å². The second kappa shape index (κ2) is 2.01. The van der Waals surface area contributed by atoms with Gasteiger partial charge in [-0.2, -0.15) is 0 Å². The first-order valence-electron chi connectivity index (χ1n) is 2.76. The molecule has 0 bridgehead atoms. The molecule has 0 spiro atoms. The van der Waals surface area contributed by atoms with Crippen LogP contribution in [-0.4, -0.2) is 14.8 Å². The minimum atomic E-state index is 0.877. The monoisotopic (exact) mass is 123 g/mol. The highest BCUT2D eigenvalue weighted by Gasteiger charge is 1.97. The molecule has 0 saturated carbocycles. The van der Waals surface area contributed by atoms with E-state index in [4.69, 9.17) is 0 Å². The molecule has 9 heavy (non-hydrogen) atoms. The minimum Gasteiger partial charge on any atom is -0.291 e. The van der Waals surface area contributed by atoms with Crippen LogP contribution in [0, 0.1) is 13.8 Å². The van der Waals surface area contributed by atoms with Crippen LogP contribution in [0.5, 0.6) is 0 Å². The maximum Gasteiger partial charge on any atom is 0.133 e. The molecule has 0 radical (unpaired) electrons. The molecule has 0 fully saturated rings. The number of nitrogens with zero attached hydrogens (tertiary/aromatic N) is 3. The molecule has 1 aromatic heterocycles. The van der Waals surface area contributed by atoms with Crippen LogP contribution in [0.25, 0.3) is 6.20 Å². The van der Waals surface area contributed by atoms with Gasteiger partial charge in [0.1, 0.15) is 11.6 Å². The third kappa shape index (κ3) is 0.850. The molecule has 0 atom stereocenters. The number of hydrogen-bond donors (Lipinski definition) is 0. The van der Waals surface area contributed by atoms with Crippen LogP contribution in [0.1, 0.15) is 11.6 Å². The molecule has 1 heterocycles. The van der Waals surface area contributed by atoms with E-state index in [0.717, 1.165) is 11.6 Å². The van der Waals surface area contributed by atoms with Crippen LogP contribution in [0.15, 0.2) is 6.58 Å². The van der Waals surface area contributed by atoms with Gasteiger partial charge in [0.05, 0.1) is 0 Å². The predicted molar refractivity (Wildman–Crippen MR) is 35.9 cm³/mol. The Labute approximate surface area is 54.0 Å². The average Bonchev–Trinajstić information content (AvgIpc) is 2.12. The number of hydrogen-bond acceptors (Lipinski definition) is 2. The fourth-order valence-corrected chi connectivity index (χ4v) is 0.739. The van der Waals surface area contributed by atoms with Crippen molar-refractivity contribution in [2.24, 2.45) is 0 Å². The lowest BCUT2D eigenvalue weighted by Gasteiger charge is -1.93. The zero-order valence-corrected chi connectivity index (χ0v) is 5.63. The molecule has 0 aliphatic carbocycles. The maximum absolute atomic E-state index is 3.83. The Kier molecular flexibility index (Phi) is 1.34. The Hall–Kier alpha value is -1.12.